The molecule has 84 valence electrons. The fourth-order valence-electron chi connectivity index (χ4n) is 0.898. The molecule has 1 aromatic rings. The number of hydrogen-bond donors (Lipinski definition) is 1. The second-order valence-corrected chi connectivity index (χ2v) is 3.04. The minimum absolute atomic E-state index is 0.151. The van der Waals surface area contributed by atoms with E-state index in [2.05, 4.69) is 4.98 Å². The molecule has 0 atom stereocenters. The van der Waals surface area contributed by atoms with Crippen LogP contribution >= 0.6 is 0 Å². The van der Waals surface area contributed by atoms with E-state index in [-0.39, 0.29) is 6.61 Å². The van der Waals surface area contributed by atoms with Gasteiger partial charge < -0.3 is 9.64 Å². The van der Waals surface area contributed by atoms with E-state index in [1.54, 1.807) is 25.4 Å². The van der Waals surface area contributed by atoms with Gasteiger partial charge in [-0.25, -0.2) is 4.79 Å². The van der Waals surface area contributed by atoms with Crippen LogP contribution in [0.5, 0.6) is 0 Å². The van der Waals surface area contributed by atoms with Crippen molar-refractivity contribution in [3.8, 4) is 0 Å². The van der Waals surface area contributed by atoms with Crippen molar-refractivity contribution in [3.63, 3.8) is 0 Å². The van der Waals surface area contributed by atoms with Crippen molar-refractivity contribution >= 4 is 12.3 Å². The van der Waals surface area contributed by atoms with Gasteiger partial charge in [-0.1, -0.05) is 6.07 Å². The molecular formula is C11H13N3O2. The Balaban J connectivity index is 2.36. The lowest BCUT2D eigenvalue weighted by molar-refractivity contribution is -0.139. The van der Waals surface area contributed by atoms with Crippen LogP contribution in [0, 0.1) is 5.41 Å². The van der Waals surface area contributed by atoms with E-state index in [0.29, 0.717) is 5.69 Å². The summed E-state index contributed by atoms with van der Waals surface area (Å²) in [6.45, 7) is 0.151. The molecule has 0 radical (unpaired) electrons. The maximum Gasteiger partial charge on any atom is 0.332 e. The summed E-state index contributed by atoms with van der Waals surface area (Å²) >= 11 is 0. The number of carbonyl (C=O) groups excluding carboxylic acids is 1. The van der Waals surface area contributed by atoms with Gasteiger partial charge in [0.05, 0.1) is 12.0 Å². The van der Waals surface area contributed by atoms with Crippen molar-refractivity contribution in [2.24, 2.45) is 0 Å². The van der Waals surface area contributed by atoms with Gasteiger partial charge in [-0.05, 0) is 12.1 Å². The first kappa shape index (κ1) is 11.9. The second-order valence-electron chi connectivity index (χ2n) is 3.04. The highest BCUT2D eigenvalue weighted by Gasteiger charge is 1.98. The molecule has 0 aromatic carbocycles. The van der Waals surface area contributed by atoms with Crippen molar-refractivity contribution in [1.29, 1.82) is 5.41 Å². The number of esters is 1. The summed E-state index contributed by atoms with van der Waals surface area (Å²) in [5.41, 5.74) is 0.699. The third-order valence-corrected chi connectivity index (χ3v) is 1.74. The van der Waals surface area contributed by atoms with Crippen molar-refractivity contribution in [3.05, 3.63) is 42.4 Å². The topological polar surface area (TPSA) is 66.3 Å². The summed E-state index contributed by atoms with van der Waals surface area (Å²) in [6.07, 6.45) is 5.44. The zero-order valence-corrected chi connectivity index (χ0v) is 8.96. The highest BCUT2D eigenvalue weighted by molar-refractivity contribution is 5.82. The third-order valence-electron chi connectivity index (χ3n) is 1.74. The minimum Gasteiger partial charge on any atom is -0.456 e. The predicted molar refractivity (Wildman–Crippen MR) is 59.7 cm³/mol. The van der Waals surface area contributed by atoms with E-state index in [9.17, 15) is 4.79 Å². The largest absolute Gasteiger partial charge is 0.456 e. The van der Waals surface area contributed by atoms with Crippen molar-refractivity contribution in [2.75, 3.05) is 7.05 Å². The molecule has 0 spiro atoms. The number of carbonyl (C=O) groups is 1. The minimum atomic E-state index is -0.459. The zero-order valence-electron chi connectivity index (χ0n) is 8.96. The normalized spacial score (nSPS) is 10.1. The van der Waals surface area contributed by atoms with Gasteiger partial charge in [-0.15, -0.1) is 0 Å². The molecule has 0 aliphatic rings. The fraction of sp³-hybridized carbons (Fsp3) is 0.182. The Bertz CT molecular complexity index is 376. The zero-order chi connectivity index (χ0) is 11.8. The van der Waals surface area contributed by atoms with E-state index in [4.69, 9.17) is 10.1 Å². The lowest BCUT2D eigenvalue weighted by Crippen LogP contribution is -2.08. The van der Waals surface area contributed by atoms with Crippen LogP contribution in [0.15, 0.2) is 36.7 Å². The molecule has 0 aliphatic carbocycles. The first-order valence-corrected chi connectivity index (χ1v) is 4.70. The number of pyridine rings is 1. The quantitative estimate of drug-likeness (QED) is 0.349. The van der Waals surface area contributed by atoms with Crippen LogP contribution in [0.1, 0.15) is 5.69 Å². The van der Waals surface area contributed by atoms with E-state index in [1.807, 2.05) is 6.07 Å². The molecule has 0 saturated heterocycles. The molecule has 0 unspecified atom stereocenters. The van der Waals surface area contributed by atoms with E-state index < -0.39 is 5.97 Å². The first-order valence-electron chi connectivity index (χ1n) is 4.70. The average Bonchev–Trinajstić information content (AvgIpc) is 2.34. The van der Waals surface area contributed by atoms with Crippen LogP contribution in [-0.4, -0.2) is 29.2 Å². The Morgan fingerprint density at radius 1 is 1.62 bits per heavy atom. The highest BCUT2D eigenvalue weighted by Crippen LogP contribution is 1.96. The highest BCUT2D eigenvalue weighted by atomic mass is 16.5. The maximum absolute atomic E-state index is 11.2. The van der Waals surface area contributed by atoms with Gasteiger partial charge in [0.25, 0.3) is 0 Å². The number of ether oxygens (including phenoxy) is 1. The van der Waals surface area contributed by atoms with Crippen molar-refractivity contribution in [2.45, 2.75) is 6.61 Å². The summed E-state index contributed by atoms with van der Waals surface area (Å²) in [4.78, 5) is 16.6. The standard InChI is InChI=1S/C11H13N3O2/c1-14(9-12)7-5-11(15)16-8-10-4-2-3-6-13-10/h2-7,9,12H,8H2,1H3. The van der Waals surface area contributed by atoms with E-state index in [1.165, 1.54) is 17.2 Å². The Hall–Kier alpha value is -2.17. The second kappa shape index (κ2) is 6.34. The molecule has 0 fully saturated rings. The summed E-state index contributed by atoms with van der Waals surface area (Å²) in [5, 5.41) is 6.88. The van der Waals surface area contributed by atoms with Crippen molar-refractivity contribution < 1.29 is 9.53 Å². The number of nitrogens with zero attached hydrogens (tertiary/aromatic N) is 2. The average molecular weight is 219 g/mol. The number of rotatable bonds is 5. The van der Waals surface area contributed by atoms with Gasteiger partial charge in [0.1, 0.15) is 6.61 Å². The Morgan fingerprint density at radius 2 is 2.44 bits per heavy atom. The molecule has 16 heavy (non-hydrogen) atoms. The molecule has 1 N–H and O–H groups in total. The van der Waals surface area contributed by atoms with Crippen LogP contribution in [0.25, 0.3) is 0 Å². The predicted octanol–water partition coefficient (Wildman–Crippen LogP) is 1.18. The Morgan fingerprint density at radius 3 is 3.06 bits per heavy atom. The molecule has 0 bridgehead atoms. The molecule has 0 amide bonds. The van der Waals surface area contributed by atoms with Gasteiger partial charge >= 0.3 is 5.97 Å². The summed E-state index contributed by atoms with van der Waals surface area (Å²) in [7, 11) is 1.65. The molecular weight excluding hydrogens is 206 g/mol. The summed E-state index contributed by atoms with van der Waals surface area (Å²) in [5.74, 6) is -0.459. The van der Waals surface area contributed by atoms with Crippen LogP contribution in [0.3, 0.4) is 0 Å². The van der Waals surface area contributed by atoms with Gasteiger partial charge in [0.15, 0.2) is 0 Å². The smallest absolute Gasteiger partial charge is 0.332 e. The summed E-state index contributed by atoms with van der Waals surface area (Å²) < 4.78 is 4.93. The molecule has 1 heterocycles. The number of nitrogens with one attached hydrogen (secondary N) is 1. The number of hydrogen-bond acceptors (Lipinski definition) is 4. The molecule has 5 heteroatoms. The fourth-order valence-corrected chi connectivity index (χ4v) is 0.898. The third kappa shape index (κ3) is 4.36. The van der Waals surface area contributed by atoms with Crippen LogP contribution in [0.4, 0.5) is 0 Å². The van der Waals surface area contributed by atoms with E-state index in [0.717, 1.165) is 6.34 Å². The van der Waals surface area contributed by atoms with Gasteiger partial charge in [0, 0.05) is 25.5 Å². The molecule has 1 rings (SSSR count). The van der Waals surface area contributed by atoms with Gasteiger partial charge in [-0.3, -0.25) is 10.4 Å². The lowest BCUT2D eigenvalue weighted by atomic mass is 10.4. The van der Waals surface area contributed by atoms with Crippen molar-refractivity contribution in [1.82, 2.24) is 9.88 Å². The van der Waals surface area contributed by atoms with Crippen LogP contribution < -0.4 is 0 Å². The van der Waals surface area contributed by atoms with Crippen LogP contribution in [-0.2, 0) is 16.1 Å². The van der Waals surface area contributed by atoms with Gasteiger partial charge in [-0.2, -0.15) is 0 Å². The lowest BCUT2D eigenvalue weighted by Gasteiger charge is -2.04. The molecule has 5 nitrogen and oxygen atoms in total. The SMILES string of the molecule is CN(C=N)C=CC(=O)OCc1ccccn1. The monoisotopic (exact) mass is 219 g/mol. The first-order chi connectivity index (χ1) is 7.72. The summed E-state index contributed by atoms with van der Waals surface area (Å²) in [6, 6.07) is 5.40. The van der Waals surface area contributed by atoms with Crippen LogP contribution in [0.2, 0.25) is 0 Å². The molecule has 0 saturated carbocycles. The molecule has 1 aromatic heterocycles. The van der Waals surface area contributed by atoms with Gasteiger partial charge in [0.2, 0.25) is 0 Å². The molecule has 0 aliphatic heterocycles. The maximum atomic E-state index is 11.2. The Kier molecular flexibility index (Phi) is 4.72. The Labute approximate surface area is 93.9 Å². The van der Waals surface area contributed by atoms with E-state index >= 15 is 0 Å². The number of aromatic nitrogens is 1.